The van der Waals surface area contributed by atoms with Crippen molar-refractivity contribution >= 4 is 0 Å². The van der Waals surface area contributed by atoms with Crippen LogP contribution in [0.25, 0.3) is 0 Å². The van der Waals surface area contributed by atoms with E-state index in [1.54, 1.807) is 0 Å². The Labute approximate surface area is 110 Å². The van der Waals surface area contributed by atoms with Gasteiger partial charge >= 0.3 is 0 Å². The third kappa shape index (κ3) is 2.93. The van der Waals surface area contributed by atoms with Crippen LogP contribution in [0.15, 0.2) is 24.3 Å². The van der Waals surface area contributed by atoms with E-state index in [4.69, 9.17) is 10.8 Å². The molecule has 0 atom stereocenters. The fraction of sp³-hybridized carbons (Fsp3) is 0.625. The van der Waals surface area contributed by atoms with Crippen LogP contribution in [0.4, 0.5) is 0 Å². The first-order valence-electron chi connectivity index (χ1n) is 6.87. The lowest BCUT2D eigenvalue weighted by atomic mass is 9.52. The molecular weight excluding hydrogens is 222 g/mol. The van der Waals surface area contributed by atoms with E-state index < -0.39 is 0 Å². The van der Waals surface area contributed by atoms with Gasteiger partial charge in [0.15, 0.2) is 0 Å². The molecule has 18 heavy (non-hydrogen) atoms. The standard InChI is InChI=1S/C16H25NO/c1-15(2)10-16(11-15,12-17)9-14-5-3-13(4-6-14)7-8-18/h3-6,18H,7-12,17H2,1-2H3. The first kappa shape index (κ1) is 13.6. The summed E-state index contributed by atoms with van der Waals surface area (Å²) in [6, 6.07) is 8.63. The van der Waals surface area contributed by atoms with E-state index in [0.29, 0.717) is 10.8 Å². The van der Waals surface area contributed by atoms with E-state index in [1.807, 2.05) is 0 Å². The summed E-state index contributed by atoms with van der Waals surface area (Å²) in [7, 11) is 0. The maximum atomic E-state index is 8.90. The molecule has 0 unspecified atom stereocenters. The number of benzene rings is 1. The molecule has 0 aliphatic heterocycles. The Morgan fingerprint density at radius 1 is 1.11 bits per heavy atom. The van der Waals surface area contributed by atoms with Crippen LogP contribution in [-0.4, -0.2) is 18.3 Å². The van der Waals surface area contributed by atoms with Gasteiger partial charge < -0.3 is 10.8 Å². The van der Waals surface area contributed by atoms with E-state index in [1.165, 1.54) is 24.0 Å². The van der Waals surface area contributed by atoms with Crippen LogP contribution in [0.2, 0.25) is 0 Å². The van der Waals surface area contributed by atoms with Gasteiger partial charge in [-0.1, -0.05) is 38.1 Å². The molecule has 1 saturated carbocycles. The zero-order valence-corrected chi connectivity index (χ0v) is 11.6. The summed E-state index contributed by atoms with van der Waals surface area (Å²) >= 11 is 0. The third-order valence-electron chi connectivity index (χ3n) is 4.14. The second kappa shape index (κ2) is 5.02. The molecule has 0 heterocycles. The van der Waals surface area contributed by atoms with Crippen LogP contribution in [-0.2, 0) is 12.8 Å². The monoisotopic (exact) mass is 247 g/mol. The Morgan fingerprint density at radius 3 is 2.11 bits per heavy atom. The summed E-state index contributed by atoms with van der Waals surface area (Å²) in [4.78, 5) is 0. The number of nitrogens with two attached hydrogens (primary N) is 1. The molecule has 2 rings (SSSR count). The van der Waals surface area contributed by atoms with Gasteiger partial charge in [-0.2, -0.15) is 0 Å². The SMILES string of the molecule is CC1(C)CC(CN)(Cc2ccc(CCO)cc2)C1. The smallest absolute Gasteiger partial charge is 0.0471 e. The van der Waals surface area contributed by atoms with Crippen LogP contribution in [0, 0.1) is 10.8 Å². The minimum Gasteiger partial charge on any atom is -0.396 e. The third-order valence-corrected chi connectivity index (χ3v) is 4.14. The fourth-order valence-corrected chi connectivity index (χ4v) is 3.71. The molecule has 1 aromatic carbocycles. The predicted molar refractivity (Wildman–Crippen MR) is 75.4 cm³/mol. The van der Waals surface area contributed by atoms with Gasteiger partial charge in [-0.3, -0.25) is 0 Å². The number of rotatable bonds is 5. The van der Waals surface area contributed by atoms with Crippen molar-refractivity contribution in [3.8, 4) is 0 Å². The molecular formula is C16H25NO. The van der Waals surface area contributed by atoms with Crippen molar-refractivity contribution in [3.63, 3.8) is 0 Å². The Bertz CT molecular complexity index is 386. The van der Waals surface area contributed by atoms with Crippen molar-refractivity contribution in [3.05, 3.63) is 35.4 Å². The van der Waals surface area contributed by atoms with Crippen molar-refractivity contribution in [2.45, 2.75) is 39.5 Å². The number of hydrogen-bond donors (Lipinski definition) is 2. The quantitative estimate of drug-likeness (QED) is 0.840. The average molecular weight is 247 g/mol. The van der Waals surface area contributed by atoms with E-state index in [9.17, 15) is 0 Å². The molecule has 0 aromatic heterocycles. The molecule has 0 radical (unpaired) electrons. The summed E-state index contributed by atoms with van der Waals surface area (Å²) in [6.45, 7) is 5.66. The highest BCUT2D eigenvalue weighted by Gasteiger charge is 2.47. The molecule has 2 heteroatoms. The van der Waals surface area contributed by atoms with Gasteiger partial charge in [0.05, 0.1) is 0 Å². The molecule has 0 amide bonds. The summed E-state index contributed by atoms with van der Waals surface area (Å²) in [5, 5.41) is 8.90. The molecule has 100 valence electrons. The highest BCUT2D eigenvalue weighted by molar-refractivity contribution is 5.24. The van der Waals surface area contributed by atoms with Crippen molar-refractivity contribution in [1.82, 2.24) is 0 Å². The van der Waals surface area contributed by atoms with E-state index in [0.717, 1.165) is 19.4 Å². The predicted octanol–water partition coefficient (Wildman–Crippen LogP) is 2.53. The summed E-state index contributed by atoms with van der Waals surface area (Å²) in [6.07, 6.45) is 4.30. The molecule has 3 N–H and O–H groups in total. The van der Waals surface area contributed by atoms with Crippen LogP contribution in [0.1, 0.15) is 37.8 Å². The largest absolute Gasteiger partial charge is 0.396 e. The van der Waals surface area contributed by atoms with Crippen molar-refractivity contribution in [1.29, 1.82) is 0 Å². The first-order valence-corrected chi connectivity index (χ1v) is 6.87. The Balaban J connectivity index is 2.00. The first-order chi connectivity index (χ1) is 8.49. The second-order valence-electron chi connectivity index (χ2n) is 6.69. The molecule has 0 saturated heterocycles. The molecule has 1 aromatic rings. The summed E-state index contributed by atoms with van der Waals surface area (Å²) < 4.78 is 0. The topological polar surface area (TPSA) is 46.2 Å². The van der Waals surface area contributed by atoms with E-state index >= 15 is 0 Å². The zero-order chi connectivity index (χ0) is 13.2. The summed E-state index contributed by atoms with van der Waals surface area (Å²) in [5.41, 5.74) is 9.35. The maximum Gasteiger partial charge on any atom is 0.0471 e. The Hall–Kier alpha value is -0.860. The number of aliphatic hydroxyl groups excluding tert-OH is 1. The highest BCUT2D eigenvalue weighted by atomic mass is 16.2. The van der Waals surface area contributed by atoms with E-state index in [-0.39, 0.29) is 6.61 Å². The van der Waals surface area contributed by atoms with Crippen molar-refractivity contribution in [2.24, 2.45) is 16.6 Å². The van der Waals surface area contributed by atoms with Gasteiger partial charge in [0, 0.05) is 6.61 Å². The summed E-state index contributed by atoms with van der Waals surface area (Å²) in [5.74, 6) is 0. The Morgan fingerprint density at radius 2 is 1.67 bits per heavy atom. The lowest BCUT2D eigenvalue weighted by Crippen LogP contribution is -2.49. The number of hydrogen-bond acceptors (Lipinski definition) is 2. The molecule has 1 aliphatic carbocycles. The minimum absolute atomic E-state index is 0.222. The fourth-order valence-electron chi connectivity index (χ4n) is 3.71. The average Bonchev–Trinajstić information content (AvgIpc) is 2.29. The van der Waals surface area contributed by atoms with Gasteiger partial charge in [-0.05, 0) is 54.2 Å². The number of aliphatic hydroxyl groups is 1. The maximum absolute atomic E-state index is 8.90. The van der Waals surface area contributed by atoms with Gasteiger partial charge in [-0.15, -0.1) is 0 Å². The van der Waals surface area contributed by atoms with Gasteiger partial charge in [0.2, 0.25) is 0 Å². The highest BCUT2D eigenvalue weighted by Crippen LogP contribution is 2.55. The van der Waals surface area contributed by atoms with Crippen LogP contribution < -0.4 is 5.73 Å². The molecule has 1 fully saturated rings. The van der Waals surface area contributed by atoms with Gasteiger partial charge in [0.25, 0.3) is 0 Å². The lowest BCUT2D eigenvalue weighted by molar-refractivity contribution is -0.00492. The molecule has 0 bridgehead atoms. The zero-order valence-electron chi connectivity index (χ0n) is 11.6. The van der Waals surface area contributed by atoms with Crippen LogP contribution in [0.5, 0.6) is 0 Å². The van der Waals surface area contributed by atoms with Crippen molar-refractivity contribution < 1.29 is 5.11 Å². The minimum atomic E-state index is 0.222. The molecule has 0 spiro atoms. The Kier molecular flexibility index (Phi) is 3.79. The van der Waals surface area contributed by atoms with Crippen molar-refractivity contribution in [2.75, 3.05) is 13.2 Å². The molecule has 1 aliphatic rings. The van der Waals surface area contributed by atoms with Gasteiger partial charge in [0.1, 0.15) is 0 Å². The lowest BCUT2D eigenvalue weighted by Gasteiger charge is -2.53. The van der Waals surface area contributed by atoms with Crippen LogP contribution in [0.3, 0.4) is 0 Å². The second-order valence-corrected chi connectivity index (χ2v) is 6.69. The van der Waals surface area contributed by atoms with Crippen LogP contribution >= 0.6 is 0 Å². The molecule has 2 nitrogen and oxygen atoms in total. The van der Waals surface area contributed by atoms with Gasteiger partial charge in [-0.25, -0.2) is 0 Å². The normalized spacial score (nSPS) is 20.4. The van der Waals surface area contributed by atoms with E-state index in [2.05, 4.69) is 38.1 Å².